The van der Waals surface area contributed by atoms with E-state index in [9.17, 15) is 43.6 Å². The van der Waals surface area contributed by atoms with Gasteiger partial charge in [-0.1, -0.05) is 12.1 Å². The number of carbonyl (C=O) groups excluding carboxylic acids is 1. The van der Waals surface area contributed by atoms with Crippen LogP contribution in [0.4, 0.5) is 14.5 Å². The Balaban J connectivity index is 1.88. The number of aromatic carboxylic acids is 2. The first-order valence-electron chi connectivity index (χ1n) is 9.04. The van der Waals surface area contributed by atoms with Crippen molar-refractivity contribution in [2.45, 2.75) is 6.23 Å². The minimum absolute atomic E-state index is 0.118. The van der Waals surface area contributed by atoms with E-state index in [0.717, 1.165) is 35.2 Å². The van der Waals surface area contributed by atoms with E-state index in [1.807, 2.05) is 0 Å². The molecule has 0 aliphatic carbocycles. The van der Waals surface area contributed by atoms with E-state index in [1.54, 1.807) is 0 Å². The number of benzene rings is 3. The van der Waals surface area contributed by atoms with Crippen LogP contribution in [0.15, 0.2) is 48.5 Å². The Kier molecular flexibility index (Phi) is 4.86. The average Bonchev–Trinajstić information content (AvgIpc) is 2.98. The number of aromatic hydroxyl groups is 1. The highest BCUT2D eigenvalue weighted by Crippen LogP contribution is 2.41. The summed E-state index contributed by atoms with van der Waals surface area (Å²) in [5.41, 5.74) is -1.14. The molecule has 32 heavy (non-hydrogen) atoms. The van der Waals surface area contributed by atoms with Crippen LogP contribution < -0.4 is 4.90 Å². The molecule has 1 amide bonds. The summed E-state index contributed by atoms with van der Waals surface area (Å²) in [5.74, 6) is -6.73. The topological polar surface area (TPSA) is 135 Å². The zero-order valence-corrected chi connectivity index (χ0v) is 15.9. The first kappa shape index (κ1) is 20.9. The molecular formula is C22H13F2NO7. The molecule has 3 aromatic carbocycles. The average molecular weight is 441 g/mol. The van der Waals surface area contributed by atoms with E-state index < -0.39 is 47.0 Å². The number of aliphatic hydroxyl groups excluding tert-OH is 1. The lowest BCUT2D eigenvalue weighted by molar-refractivity contribution is 0.0683. The molecular weight excluding hydrogens is 428 g/mol. The van der Waals surface area contributed by atoms with Gasteiger partial charge >= 0.3 is 11.9 Å². The van der Waals surface area contributed by atoms with Crippen molar-refractivity contribution >= 4 is 23.5 Å². The van der Waals surface area contributed by atoms with E-state index >= 15 is 0 Å². The molecule has 1 atom stereocenters. The minimum Gasteiger partial charge on any atom is -0.507 e. The summed E-state index contributed by atoms with van der Waals surface area (Å²) < 4.78 is 27.0. The van der Waals surface area contributed by atoms with E-state index in [-0.39, 0.29) is 33.5 Å². The number of hydrogen-bond donors (Lipinski definition) is 4. The van der Waals surface area contributed by atoms with Gasteiger partial charge in [-0.3, -0.25) is 9.69 Å². The maximum Gasteiger partial charge on any atom is 0.339 e. The Bertz CT molecular complexity index is 1320. The van der Waals surface area contributed by atoms with Crippen LogP contribution in [0.2, 0.25) is 0 Å². The first-order valence-corrected chi connectivity index (χ1v) is 9.04. The number of nitrogens with zero attached hydrogens (tertiary/aromatic N) is 1. The van der Waals surface area contributed by atoms with Gasteiger partial charge in [-0.15, -0.1) is 0 Å². The van der Waals surface area contributed by atoms with E-state index in [1.165, 1.54) is 18.2 Å². The van der Waals surface area contributed by atoms with Crippen LogP contribution in [0.5, 0.6) is 5.75 Å². The number of phenols is 1. The summed E-state index contributed by atoms with van der Waals surface area (Å²) in [5, 5.41) is 39.4. The number of carbonyl (C=O) groups is 3. The number of fused-ring (bicyclic) bond motifs is 1. The highest BCUT2D eigenvalue weighted by atomic mass is 19.2. The zero-order chi connectivity index (χ0) is 23.3. The van der Waals surface area contributed by atoms with Crippen molar-refractivity contribution in [3.8, 4) is 16.9 Å². The minimum atomic E-state index is -1.73. The Morgan fingerprint density at radius 3 is 2.09 bits per heavy atom. The molecule has 8 nitrogen and oxygen atoms in total. The van der Waals surface area contributed by atoms with E-state index in [4.69, 9.17) is 0 Å². The fourth-order valence-electron chi connectivity index (χ4n) is 3.56. The van der Waals surface area contributed by atoms with Crippen molar-refractivity contribution in [2.75, 3.05) is 4.90 Å². The fraction of sp³-hybridized carbons (Fsp3) is 0.0455. The molecule has 3 aromatic rings. The van der Waals surface area contributed by atoms with Gasteiger partial charge in [0, 0.05) is 11.1 Å². The molecule has 0 saturated carbocycles. The lowest BCUT2D eigenvalue weighted by Crippen LogP contribution is -2.29. The number of halogens is 2. The van der Waals surface area contributed by atoms with Crippen LogP contribution in [0.25, 0.3) is 11.1 Å². The van der Waals surface area contributed by atoms with Crippen molar-refractivity contribution in [1.82, 2.24) is 0 Å². The number of aliphatic hydroxyl groups is 1. The van der Waals surface area contributed by atoms with Crippen LogP contribution in [0, 0.1) is 11.6 Å². The second-order valence-electron chi connectivity index (χ2n) is 6.98. The highest BCUT2D eigenvalue weighted by molar-refractivity contribution is 6.14. The van der Waals surface area contributed by atoms with Crippen LogP contribution >= 0.6 is 0 Å². The summed E-state index contributed by atoms with van der Waals surface area (Å²) in [4.78, 5) is 36.8. The van der Waals surface area contributed by atoms with Crippen molar-refractivity contribution in [3.63, 3.8) is 0 Å². The van der Waals surface area contributed by atoms with E-state index in [2.05, 4.69) is 0 Å². The third-order valence-electron chi connectivity index (χ3n) is 5.11. The number of carboxylic acid groups (broad SMARTS) is 2. The van der Waals surface area contributed by atoms with Gasteiger partial charge in [-0.25, -0.2) is 18.4 Å². The summed E-state index contributed by atoms with van der Waals surface area (Å²) in [6, 6.07) is 8.51. The summed E-state index contributed by atoms with van der Waals surface area (Å²) in [6.07, 6.45) is -1.73. The lowest BCUT2D eigenvalue weighted by atomic mass is 10.0. The van der Waals surface area contributed by atoms with Crippen molar-refractivity contribution in [2.24, 2.45) is 0 Å². The Morgan fingerprint density at radius 1 is 0.844 bits per heavy atom. The number of anilines is 1. The smallest absolute Gasteiger partial charge is 0.339 e. The van der Waals surface area contributed by atoms with Crippen molar-refractivity contribution < 1.29 is 43.6 Å². The van der Waals surface area contributed by atoms with Crippen molar-refractivity contribution in [1.29, 1.82) is 0 Å². The Morgan fingerprint density at radius 2 is 1.47 bits per heavy atom. The molecule has 0 aromatic heterocycles. The zero-order valence-electron chi connectivity index (χ0n) is 15.9. The molecule has 0 bridgehead atoms. The molecule has 4 rings (SSSR count). The summed E-state index contributed by atoms with van der Waals surface area (Å²) in [7, 11) is 0. The molecule has 0 fully saturated rings. The SMILES string of the molecule is O=C(O)c1cc2c(cc1O)C(O)N(c1cc(-c3ccc(F)c(F)c3)ccc1C(=O)O)C2=O. The number of hydrogen-bond acceptors (Lipinski definition) is 5. The maximum absolute atomic E-state index is 13.7. The summed E-state index contributed by atoms with van der Waals surface area (Å²) >= 11 is 0. The molecule has 1 heterocycles. The van der Waals surface area contributed by atoms with Gasteiger partial charge in [-0.2, -0.15) is 0 Å². The monoisotopic (exact) mass is 441 g/mol. The molecule has 1 aliphatic rings. The third kappa shape index (κ3) is 3.22. The molecule has 0 radical (unpaired) electrons. The normalized spacial score (nSPS) is 15.0. The lowest BCUT2D eigenvalue weighted by Gasteiger charge is -2.23. The van der Waals surface area contributed by atoms with Gasteiger partial charge in [-0.05, 0) is 47.5 Å². The Hall–Kier alpha value is -4.31. The standard InChI is InChI=1S/C22H13F2NO7/c23-15-4-2-9(5-16(15)24)10-1-3-11(21(29)30)17(6-10)25-19(27)12-7-14(22(31)32)18(26)8-13(12)20(25)28/h1-8,20,26,28H,(H,29,30)(H,31,32). The van der Waals surface area contributed by atoms with Gasteiger partial charge in [0.05, 0.1) is 11.3 Å². The van der Waals surface area contributed by atoms with E-state index in [0.29, 0.717) is 0 Å². The van der Waals surface area contributed by atoms with Crippen LogP contribution in [-0.4, -0.2) is 38.3 Å². The molecule has 1 aliphatic heterocycles. The number of carboxylic acids is 2. The number of amides is 1. The molecule has 10 heteroatoms. The second kappa shape index (κ2) is 7.43. The molecule has 4 N–H and O–H groups in total. The van der Waals surface area contributed by atoms with Crippen LogP contribution in [0.3, 0.4) is 0 Å². The molecule has 1 unspecified atom stereocenters. The highest BCUT2D eigenvalue weighted by Gasteiger charge is 2.40. The molecule has 0 saturated heterocycles. The van der Waals surface area contributed by atoms with Gasteiger partial charge in [0.2, 0.25) is 0 Å². The van der Waals surface area contributed by atoms with Gasteiger partial charge in [0.15, 0.2) is 17.9 Å². The molecule has 162 valence electrons. The second-order valence-corrected chi connectivity index (χ2v) is 6.98. The predicted octanol–water partition coefficient (Wildman–Crippen LogP) is 3.39. The van der Waals surface area contributed by atoms with Crippen molar-refractivity contribution in [3.05, 3.63) is 82.4 Å². The maximum atomic E-state index is 13.7. The van der Waals surface area contributed by atoms with Gasteiger partial charge in [0.25, 0.3) is 5.91 Å². The third-order valence-corrected chi connectivity index (χ3v) is 5.11. The van der Waals surface area contributed by atoms with Crippen LogP contribution in [-0.2, 0) is 0 Å². The van der Waals surface area contributed by atoms with Gasteiger partial charge < -0.3 is 20.4 Å². The quantitative estimate of drug-likeness (QED) is 0.487. The Labute approximate surface area is 178 Å². The predicted molar refractivity (Wildman–Crippen MR) is 106 cm³/mol. The van der Waals surface area contributed by atoms with Gasteiger partial charge in [0.1, 0.15) is 11.3 Å². The molecule has 0 spiro atoms. The fourth-order valence-corrected chi connectivity index (χ4v) is 3.56. The summed E-state index contributed by atoms with van der Waals surface area (Å²) in [6.45, 7) is 0. The number of rotatable bonds is 4. The first-order chi connectivity index (χ1) is 15.1. The largest absolute Gasteiger partial charge is 0.507 e. The van der Waals surface area contributed by atoms with Crippen LogP contribution in [0.1, 0.15) is 42.9 Å².